The maximum absolute atomic E-state index is 12.0. The number of nitrogens with zero attached hydrogens (tertiary/aromatic N) is 2. The van der Waals surface area contributed by atoms with E-state index >= 15 is 0 Å². The lowest BCUT2D eigenvalue weighted by molar-refractivity contribution is -0.144. The normalized spacial score (nSPS) is 11.8. The van der Waals surface area contributed by atoms with Gasteiger partial charge in [0.2, 0.25) is 0 Å². The molecule has 7 heteroatoms. The molecule has 1 aromatic carbocycles. The molecule has 0 aliphatic rings. The van der Waals surface area contributed by atoms with E-state index in [1.165, 1.54) is 4.68 Å². The summed E-state index contributed by atoms with van der Waals surface area (Å²) >= 11 is 3.35. The Morgan fingerprint density at radius 2 is 1.96 bits per heavy atom. The highest BCUT2D eigenvalue weighted by Crippen LogP contribution is 2.13. The Bertz CT molecular complexity index is 703. The lowest BCUT2D eigenvalue weighted by Gasteiger charge is -2.09. The molecule has 1 unspecified atom stereocenters. The summed E-state index contributed by atoms with van der Waals surface area (Å²) in [5.41, 5.74) is 1.67. The van der Waals surface area contributed by atoms with E-state index in [4.69, 9.17) is 9.47 Å². The Morgan fingerprint density at radius 3 is 2.69 bits per heavy atom. The van der Waals surface area contributed by atoms with Crippen molar-refractivity contribution in [2.24, 2.45) is 0 Å². The molecule has 2 aromatic rings. The summed E-state index contributed by atoms with van der Waals surface area (Å²) in [6.45, 7) is 2.67. The third-order valence-corrected chi connectivity index (χ3v) is 4.52. The minimum absolute atomic E-state index is 0.250. The van der Waals surface area contributed by atoms with Gasteiger partial charge >= 0.3 is 12.1 Å². The number of alkyl halides is 1. The third-order valence-electron chi connectivity index (χ3n) is 3.69. The fraction of sp³-hybridized carbons (Fsp3) is 0.421. The molecule has 0 N–H and O–H groups in total. The van der Waals surface area contributed by atoms with Gasteiger partial charge in [0.15, 0.2) is 0 Å². The lowest BCUT2D eigenvalue weighted by Crippen LogP contribution is -2.18. The number of carbonyl (C=O) groups is 2. The SMILES string of the molecule is CCCCOC(=O)n1ccc(CCC(Br)C(=O)OCc2ccccc2)n1. The van der Waals surface area contributed by atoms with E-state index < -0.39 is 10.9 Å². The van der Waals surface area contributed by atoms with Gasteiger partial charge in [-0.1, -0.05) is 59.6 Å². The summed E-state index contributed by atoms with van der Waals surface area (Å²) in [4.78, 5) is 23.4. The van der Waals surface area contributed by atoms with E-state index in [1.54, 1.807) is 12.3 Å². The minimum Gasteiger partial charge on any atom is -0.460 e. The Labute approximate surface area is 161 Å². The molecule has 1 atom stereocenters. The van der Waals surface area contributed by atoms with Crippen molar-refractivity contribution in [1.82, 2.24) is 9.78 Å². The predicted octanol–water partition coefficient (Wildman–Crippen LogP) is 4.11. The van der Waals surface area contributed by atoms with Gasteiger partial charge in [-0.2, -0.15) is 9.78 Å². The number of aromatic nitrogens is 2. The number of halogens is 1. The van der Waals surface area contributed by atoms with Crippen LogP contribution in [0.1, 0.15) is 37.4 Å². The number of esters is 1. The van der Waals surface area contributed by atoms with Crippen molar-refractivity contribution >= 4 is 28.0 Å². The lowest BCUT2D eigenvalue weighted by atomic mass is 10.2. The fourth-order valence-corrected chi connectivity index (χ4v) is 2.54. The molecule has 0 aliphatic carbocycles. The zero-order valence-corrected chi connectivity index (χ0v) is 16.4. The van der Waals surface area contributed by atoms with Crippen molar-refractivity contribution in [3.05, 3.63) is 53.9 Å². The second-order valence-corrected chi connectivity index (χ2v) is 6.92. The van der Waals surface area contributed by atoms with Crippen molar-refractivity contribution < 1.29 is 19.1 Å². The molecule has 26 heavy (non-hydrogen) atoms. The molecule has 2 rings (SSSR count). The molecule has 0 radical (unpaired) electrons. The van der Waals surface area contributed by atoms with E-state index in [9.17, 15) is 9.59 Å². The van der Waals surface area contributed by atoms with Gasteiger partial charge < -0.3 is 9.47 Å². The summed E-state index contributed by atoms with van der Waals surface area (Å²) in [6.07, 6.45) is 3.95. The van der Waals surface area contributed by atoms with Crippen LogP contribution in [0.15, 0.2) is 42.6 Å². The Kier molecular flexibility index (Phi) is 8.34. The molecule has 0 aliphatic heterocycles. The van der Waals surface area contributed by atoms with Crippen molar-refractivity contribution in [3.8, 4) is 0 Å². The van der Waals surface area contributed by atoms with Crippen molar-refractivity contribution in [3.63, 3.8) is 0 Å². The second-order valence-electron chi connectivity index (χ2n) is 5.82. The van der Waals surface area contributed by atoms with Crippen LogP contribution in [0.5, 0.6) is 0 Å². The third kappa shape index (κ3) is 6.63. The monoisotopic (exact) mass is 422 g/mol. The number of rotatable bonds is 9. The zero-order valence-electron chi connectivity index (χ0n) is 14.8. The Balaban J connectivity index is 1.73. The first-order chi connectivity index (χ1) is 12.6. The van der Waals surface area contributed by atoms with Gasteiger partial charge in [0.25, 0.3) is 0 Å². The van der Waals surface area contributed by atoms with Gasteiger partial charge in [-0.3, -0.25) is 4.79 Å². The summed E-state index contributed by atoms with van der Waals surface area (Å²) in [7, 11) is 0. The zero-order chi connectivity index (χ0) is 18.8. The topological polar surface area (TPSA) is 70.4 Å². The van der Waals surface area contributed by atoms with E-state index in [1.807, 2.05) is 37.3 Å². The number of carbonyl (C=O) groups excluding carboxylic acids is 2. The minimum atomic E-state index is -0.484. The Morgan fingerprint density at radius 1 is 1.19 bits per heavy atom. The summed E-state index contributed by atoms with van der Waals surface area (Å²) in [5.74, 6) is -0.313. The molecule has 6 nitrogen and oxygen atoms in total. The van der Waals surface area contributed by atoms with Crippen molar-refractivity contribution in [2.75, 3.05) is 6.61 Å². The molecular weight excluding hydrogens is 400 g/mol. The van der Waals surface area contributed by atoms with Crippen molar-refractivity contribution in [1.29, 1.82) is 0 Å². The number of ether oxygens (including phenoxy) is 2. The first kappa shape index (κ1) is 20.2. The van der Waals surface area contributed by atoms with Gasteiger partial charge in [-0.25, -0.2) is 4.79 Å². The largest absolute Gasteiger partial charge is 0.460 e. The number of hydrogen-bond donors (Lipinski definition) is 0. The van der Waals surface area contributed by atoms with Gasteiger partial charge in [0.1, 0.15) is 11.4 Å². The van der Waals surface area contributed by atoms with Crippen LogP contribution in [-0.4, -0.2) is 33.3 Å². The second kappa shape index (κ2) is 10.8. The molecule has 1 heterocycles. The number of aryl methyl sites for hydroxylation is 1. The van der Waals surface area contributed by atoms with Crippen LogP contribution in [0.4, 0.5) is 4.79 Å². The van der Waals surface area contributed by atoms with Crippen LogP contribution < -0.4 is 0 Å². The highest BCUT2D eigenvalue weighted by Gasteiger charge is 2.17. The summed E-state index contributed by atoms with van der Waals surface area (Å²) in [5, 5.41) is 4.18. The maximum atomic E-state index is 12.0. The average molecular weight is 423 g/mol. The summed E-state index contributed by atoms with van der Waals surface area (Å²) in [6, 6.07) is 11.3. The molecule has 0 saturated carbocycles. The average Bonchev–Trinajstić information content (AvgIpc) is 3.14. The Hall–Kier alpha value is -2.15. The van der Waals surface area contributed by atoms with E-state index in [0.29, 0.717) is 19.4 Å². The maximum Gasteiger partial charge on any atom is 0.434 e. The molecule has 0 spiro atoms. The number of unbranched alkanes of at least 4 members (excludes halogenated alkanes) is 1. The number of benzene rings is 1. The number of hydrogen-bond acceptors (Lipinski definition) is 5. The standard InChI is InChI=1S/C19H23BrN2O4/c1-2-3-13-25-19(24)22-12-11-16(21-22)9-10-17(20)18(23)26-14-15-7-5-4-6-8-15/h4-8,11-12,17H,2-3,9-10,13-14H2,1H3. The van der Waals surface area contributed by atoms with Crippen LogP contribution in [0, 0.1) is 0 Å². The highest BCUT2D eigenvalue weighted by molar-refractivity contribution is 9.10. The van der Waals surface area contributed by atoms with Crippen LogP contribution in [-0.2, 0) is 27.3 Å². The molecule has 0 fully saturated rings. The first-order valence-electron chi connectivity index (χ1n) is 8.66. The van der Waals surface area contributed by atoms with Crippen LogP contribution in [0.2, 0.25) is 0 Å². The first-order valence-corrected chi connectivity index (χ1v) is 9.58. The van der Waals surface area contributed by atoms with Gasteiger partial charge in [0.05, 0.1) is 12.3 Å². The van der Waals surface area contributed by atoms with Crippen LogP contribution in [0.25, 0.3) is 0 Å². The fourth-order valence-electron chi connectivity index (χ4n) is 2.18. The van der Waals surface area contributed by atoms with E-state index in [-0.39, 0.29) is 12.6 Å². The highest BCUT2D eigenvalue weighted by atomic mass is 79.9. The molecule has 1 aromatic heterocycles. The molecule has 0 bridgehead atoms. The van der Waals surface area contributed by atoms with Gasteiger partial charge in [-0.05, 0) is 30.9 Å². The van der Waals surface area contributed by atoms with E-state index in [2.05, 4.69) is 21.0 Å². The smallest absolute Gasteiger partial charge is 0.434 e. The van der Waals surface area contributed by atoms with Crippen LogP contribution in [0.3, 0.4) is 0 Å². The van der Waals surface area contributed by atoms with Crippen molar-refractivity contribution in [2.45, 2.75) is 44.0 Å². The van der Waals surface area contributed by atoms with Gasteiger partial charge in [-0.15, -0.1) is 0 Å². The molecule has 0 amide bonds. The molecular formula is C19H23BrN2O4. The van der Waals surface area contributed by atoms with Crippen LogP contribution >= 0.6 is 15.9 Å². The molecule has 0 saturated heterocycles. The molecule has 140 valence electrons. The van der Waals surface area contributed by atoms with Gasteiger partial charge in [0, 0.05) is 6.20 Å². The summed E-state index contributed by atoms with van der Waals surface area (Å²) < 4.78 is 11.6. The predicted molar refractivity (Wildman–Crippen MR) is 101 cm³/mol. The van der Waals surface area contributed by atoms with E-state index in [0.717, 1.165) is 24.1 Å². The quantitative estimate of drug-likeness (QED) is 0.345.